The van der Waals surface area contributed by atoms with E-state index >= 15 is 0 Å². The number of hydrogen-bond donors (Lipinski definition) is 1. The second-order valence-electron chi connectivity index (χ2n) is 8.01. The van der Waals surface area contributed by atoms with Gasteiger partial charge in [0.1, 0.15) is 18.3 Å². The summed E-state index contributed by atoms with van der Waals surface area (Å²) in [5, 5.41) is 7.36. The van der Waals surface area contributed by atoms with Crippen LogP contribution < -0.4 is 18.9 Å². The van der Waals surface area contributed by atoms with Gasteiger partial charge in [-0.05, 0) is 6.92 Å². The molecule has 0 aromatic carbocycles. The molecule has 3 atom stereocenters. The van der Waals surface area contributed by atoms with Crippen molar-refractivity contribution >= 4 is 16.0 Å². The van der Waals surface area contributed by atoms with E-state index in [2.05, 4.69) is 34.9 Å². The van der Waals surface area contributed by atoms with Gasteiger partial charge in [-0.2, -0.15) is 9.97 Å². The fourth-order valence-electron chi connectivity index (χ4n) is 3.63. The number of methoxy groups -OCH3 is 3. The quantitative estimate of drug-likeness (QED) is 0.387. The van der Waals surface area contributed by atoms with Gasteiger partial charge in [0.05, 0.1) is 58.8 Å². The summed E-state index contributed by atoms with van der Waals surface area (Å²) >= 11 is 0. The highest BCUT2D eigenvalue weighted by molar-refractivity contribution is 7.93. The molecule has 3 aromatic heterocycles. The molecule has 1 aliphatic heterocycles. The lowest BCUT2D eigenvalue weighted by Gasteiger charge is -2.24. The standard InChI is InChI=1S/C21H28N8O7S/c1-12(17-22-8-14(32-3)9-23-17)13(2)37(30,31)28-21-27-26-18(15-10-35-6-7-36-15)29(21)16-19(33-4)24-11-25-20(16)34-5/h8-9,11-13,15H,6-7,10H2,1-5H3,(H,27,28)/t12?,13?,15-/m0/s1. The monoisotopic (exact) mass is 536 g/mol. The number of aromatic nitrogens is 7. The number of ether oxygens (including phenoxy) is 5. The Hall–Kier alpha value is -3.63. The summed E-state index contributed by atoms with van der Waals surface area (Å²) in [6, 6.07) is 0. The highest BCUT2D eigenvalue weighted by Gasteiger charge is 2.34. The van der Waals surface area contributed by atoms with Crippen LogP contribution in [0.5, 0.6) is 17.5 Å². The zero-order valence-electron chi connectivity index (χ0n) is 21.0. The van der Waals surface area contributed by atoms with E-state index in [9.17, 15) is 8.42 Å². The van der Waals surface area contributed by atoms with Gasteiger partial charge in [0, 0.05) is 5.92 Å². The van der Waals surface area contributed by atoms with Crippen LogP contribution >= 0.6 is 0 Å². The van der Waals surface area contributed by atoms with Gasteiger partial charge in [-0.1, -0.05) is 6.92 Å². The van der Waals surface area contributed by atoms with Gasteiger partial charge in [-0.25, -0.2) is 18.4 Å². The highest BCUT2D eigenvalue weighted by Crippen LogP contribution is 2.35. The average molecular weight is 537 g/mol. The van der Waals surface area contributed by atoms with Crippen molar-refractivity contribution in [2.45, 2.75) is 31.1 Å². The molecule has 0 aliphatic carbocycles. The van der Waals surface area contributed by atoms with Crippen molar-refractivity contribution in [3.05, 3.63) is 30.4 Å². The zero-order chi connectivity index (χ0) is 26.6. The van der Waals surface area contributed by atoms with Gasteiger partial charge >= 0.3 is 0 Å². The first-order valence-corrected chi connectivity index (χ1v) is 12.8. The number of sulfonamides is 1. The minimum absolute atomic E-state index is 0.109. The molecule has 0 saturated carbocycles. The van der Waals surface area contributed by atoms with E-state index in [-0.39, 0.29) is 35.8 Å². The first-order valence-electron chi connectivity index (χ1n) is 11.3. The number of rotatable bonds is 10. The molecule has 15 nitrogen and oxygen atoms in total. The highest BCUT2D eigenvalue weighted by atomic mass is 32.2. The molecule has 16 heteroatoms. The summed E-state index contributed by atoms with van der Waals surface area (Å²) in [7, 11) is 0.282. The molecule has 1 saturated heterocycles. The average Bonchev–Trinajstić information content (AvgIpc) is 3.34. The third-order valence-electron chi connectivity index (χ3n) is 5.88. The molecule has 1 N–H and O–H groups in total. The minimum atomic E-state index is -4.04. The lowest BCUT2D eigenvalue weighted by atomic mass is 10.1. The Morgan fingerprint density at radius 1 is 1.00 bits per heavy atom. The predicted molar refractivity (Wildman–Crippen MR) is 129 cm³/mol. The molecule has 4 heterocycles. The van der Waals surface area contributed by atoms with Gasteiger partial charge in [-0.15, -0.1) is 10.2 Å². The Labute approximate surface area is 213 Å². The molecule has 1 aliphatic rings. The van der Waals surface area contributed by atoms with Gasteiger partial charge in [0.2, 0.25) is 27.7 Å². The fourth-order valence-corrected chi connectivity index (χ4v) is 4.86. The van der Waals surface area contributed by atoms with Crippen molar-refractivity contribution in [1.29, 1.82) is 0 Å². The summed E-state index contributed by atoms with van der Waals surface area (Å²) in [5.41, 5.74) is 0.193. The Balaban J connectivity index is 1.74. The fraction of sp³-hybridized carbons (Fsp3) is 0.524. The zero-order valence-corrected chi connectivity index (χ0v) is 21.8. The number of hydrogen-bond acceptors (Lipinski definition) is 13. The molecule has 0 spiro atoms. The molecule has 200 valence electrons. The van der Waals surface area contributed by atoms with Crippen molar-refractivity contribution < 1.29 is 32.1 Å². The Kier molecular flexibility index (Phi) is 7.99. The van der Waals surface area contributed by atoms with Crippen molar-refractivity contribution in [3.8, 4) is 23.2 Å². The van der Waals surface area contributed by atoms with Crippen LogP contribution in [0.1, 0.15) is 37.5 Å². The van der Waals surface area contributed by atoms with Gasteiger partial charge in [0.15, 0.2) is 17.3 Å². The van der Waals surface area contributed by atoms with Crippen LogP contribution in [0.25, 0.3) is 5.69 Å². The third kappa shape index (κ3) is 5.40. The van der Waals surface area contributed by atoms with Crippen LogP contribution in [0, 0.1) is 0 Å². The molecule has 4 rings (SSSR count). The largest absolute Gasteiger partial charge is 0.494 e. The lowest BCUT2D eigenvalue weighted by molar-refractivity contribution is -0.0941. The van der Waals surface area contributed by atoms with E-state index in [0.29, 0.717) is 24.8 Å². The van der Waals surface area contributed by atoms with E-state index in [4.69, 9.17) is 23.7 Å². The van der Waals surface area contributed by atoms with Crippen LogP contribution in [0.4, 0.5) is 5.95 Å². The van der Waals surface area contributed by atoms with Crippen LogP contribution in [0.15, 0.2) is 18.7 Å². The van der Waals surface area contributed by atoms with Crippen molar-refractivity contribution in [1.82, 2.24) is 34.7 Å². The summed E-state index contributed by atoms with van der Waals surface area (Å²) in [6.07, 6.45) is 3.58. The van der Waals surface area contributed by atoms with E-state index in [0.717, 1.165) is 0 Å². The van der Waals surface area contributed by atoms with E-state index < -0.39 is 27.3 Å². The number of anilines is 1. The molecule has 2 unspecified atom stereocenters. The molecule has 0 amide bonds. The second kappa shape index (κ2) is 11.2. The van der Waals surface area contributed by atoms with Crippen molar-refractivity contribution in [3.63, 3.8) is 0 Å². The number of nitrogens with zero attached hydrogens (tertiary/aromatic N) is 7. The SMILES string of the molecule is COc1cnc(C(C)C(C)S(=O)(=O)Nc2nnc([C@@H]3COCCO3)n2-c2c(OC)ncnc2OC)nc1. The lowest BCUT2D eigenvalue weighted by Crippen LogP contribution is -2.32. The van der Waals surface area contributed by atoms with Gasteiger partial charge in [0.25, 0.3) is 0 Å². The Bertz CT molecular complexity index is 1290. The summed E-state index contributed by atoms with van der Waals surface area (Å²) < 4.78 is 58.2. The van der Waals surface area contributed by atoms with Crippen LogP contribution in [0.2, 0.25) is 0 Å². The van der Waals surface area contributed by atoms with E-state index in [1.165, 1.54) is 44.6 Å². The molecular weight excluding hydrogens is 508 g/mol. The first kappa shape index (κ1) is 26.4. The molecule has 0 radical (unpaired) electrons. The molecule has 3 aromatic rings. The minimum Gasteiger partial charge on any atom is -0.494 e. The summed E-state index contributed by atoms with van der Waals surface area (Å²) in [5.74, 6) is 0.573. The first-order chi connectivity index (χ1) is 17.8. The maximum absolute atomic E-state index is 13.5. The third-order valence-corrected chi connectivity index (χ3v) is 7.73. The van der Waals surface area contributed by atoms with Crippen molar-refractivity contribution in [2.75, 3.05) is 45.9 Å². The van der Waals surface area contributed by atoms with Crippen LogP contribution in [0.3, 0.4) is 0 Å². The van der Waals surface area contributed by atoms with E-state index in [1.807, 2.05) is 0 Å². The predicted octanol–water partition coefficient (Wildman–Crippen LogP) is 0.895. The number of nitrogens with one attached hydrogen (secondary N) is 1. The normalized spacial score (nSPS) is 17.6. The second-order valence-corrected chi connectivity index (χ2v) is 10.1. The topological polar surface area (TPSA) is 175 Å². The maximum atomic E-state index is 13.5. The van der Waals surface area contributed by atoms with Gasteiger partial charge in [-0.3, -0.25) is 9.29 Å². The molecule has 0 bridgehead atoms. The maximum Gasteiger partial charge on any atom is 0.245 e. The van der Waals surface area contributed by atoms with Crippen LogP contribution in [-0.2, 0) is 19.5 Å². The molecule has 37 heavy (non-hydrogen) atoms. The Morgan fingerprint density at radius 2 is 1.68 bits per heavy atom. The smallest absolute Gasteiger partial charge is 0.245 e. The Morgan fingerprint density at radius 3 is 2.24 bits per heavy atom. The van der Waals surface area contributed by atoms with Gasteiger partial charge < -0.3 is 23.7 Å². The molecular formula is C21H28N8O7S. The van der Waals surface area contributed by atoms with Crippen molar-refractivity contribution in [2.24, 2.45) is 0 Å². The summed E-state index contributed by atoms with van der Waals surface area (Å²) in [6.45, 7) is 4.20. The van der Waals surface area contributed by atoms with E-state index in [1.54, 1.807) is 13.8 Å². The van der Waals surface area contributed by atoms with Crippen LogP contribution in [-0.4, -0.2) is 89.5 Å². The summed E-state index contributed by atoms with van der Waals surface area (Å²) in [4.78, 5) is 16.7. The molecule has 1 fully saturated rings.